The molecule has 0 heterocycles. The van der Waals surface area contributed by atoms with Gasteiger partial charge in [0.2, 0.25) is 11.8 Å². The van der Waals surface area contributed by atoms with Gasteiger partial charge in [0.15, 0.2) is 11.5 Å². The molecule has 2 amide bonds. The fourth-order valence-corrected chi connectivity index (χ4v) is 3.83. The SMILES string of the molecule is CCCCNC(=O)[C@H](CC)N(Cc1ccccc1C)C(=O)CCc1ccc(OC)c(OC)c1. The summed E-state index contributed by atoms with van der Waals surface area (Å²) in [6, 6.07) is 13.2. The van der Waals surface area contributed by atoms with Crippen LogP contribution < -0.4 is 14.8 Å². The molecule has 1 N–H and O–H groups in total. The first-order chi connectivity index (χ1) is 15.9. The van der Waals surface area contributed by atoms with Crippen molar-refractivity contribution in [2.24, 2.45) is 0 Å². The molecule has 33 heavy (non-hydrogen) atoms. The van der Waals surface area contributed by atoms with Crippen molar-refractivity contribution in [1.29, 1.82) is 0 Å². The number of carbonyl (C=O) groups excluding carboxylic acids is 2. The predicted molar refractivity (Wildman–Crippen MR) is 132 cm³/mol. The summed E-state index contributed by atoms with van der Waals surface area (Å²) in [7, 11) is 3.20. The highest BCUT2D eigenvalue weighted by Gasteiger charge is 2.28. The van der Waals surface area contributed by atoms with Crippen LogP contribution in [0.25, 0.3) is 0 Å². The second-order valence-corrected chi connectivity index (χ2v) is 8.21. The smallest absolute Gasteiger partial charge is 0.242 e. The summed E-state index contributed by atoms with van der Waals surface area (Å²) in [6.07, 6.45) is 3.35. The molecule has 6 heteroatoms. The molecule has 0 radical (unpaired) electrons. The van der Waals surface area contributed by atoms with E-state index in [0.717, 1.165) is 29.5 Å². The van der Waals surface area contributed by atoms with Crippen molar-refractivity contribution >= 4 is 11.8 Å². The normalized spacial score (nSPS) is 11.5. The third-order valence-electron chi connectivity index (χ3n) is 5.89. The Hall–Kier alpha value is -3.02. The molecule has 0 saturated heterocycles. The van der Waals surface area contributed by atoms with E-state index in [9.17, 15) is 9.59 Å². The largest absolute Gasteiger partial charge is 0.493 e. The van der Waals surface area contributed by atoms with Gasteiger partial charge >= 0.3 is 0 Å². The van der Waals surface area contributed by atoms with E-state index in [2.05, 4.69) is 12.2 Å². The van der Waals surface area contributed by atoms with Crippen LogP contribution in [-0.2, 0) is 22.6 Å². The van der Waals surface area contributed by atoms with Gasteiger partial charge in [0, 0.05) is 19.5 Å². The molecule has 1 atom stereocenters. The average molecular weight is 455 g/mol. The fraction of sp³-hybridized carbons (Fsp3) is 0.481. The van der Waals surface area contributed by atoms with Crippen LogP contribution in [0.2, 0.25) is 0 Å². The molecule has 2 aromatic carbocycles. The number of rotatable bonds is 13. The molecule has 2 aromatic rings. The Bertz CT molecular complexity index is 913. The van der Waals surface area contributed by atoms with Crippen molar-refractivity contribution in [2.45, 2.75) is 65.5 Å². The third-order valence-corrected chi connectivity index (χ3v) is 5.89. The third kappa shape index (κ3) is 7.52. The van der Waals surface area contributed by atoms with Gasteiger partial charge in [-0.15, -0.1) is 0 Å². The van der Waals surface area contributed by atoms with E-state index in [0.29, 0.717) is 43.9 Å². The van der Waals surface area contributed by atoms with Crippen molar-refractivity contribution in [3.8, 4) is 11.5 Å². The number of amides is 2. The van der Waals surface area contributed by atoms with Crippen LogP contribution in [0.5, 0.6) is 11.5 Å². The number of hydrogen-bond acceptors (Lipinski definition) is 4. The Labute approximate surface area is 198 Å². The highest BCUT2D eigenvalue weighted by molar-refractivity contribution is 5.87. The van der Waals surface area contributed by atoms with Crippen LogP contribution in [0.3, 0.4) is 0 Å². The highest BCUT2D eigenvalue weighted by atomic mass is 16.5. The quantitative estimate of drug-likeness (QED) is 0.447. The Morgan fingerprint density at radius 1 is 1.03 bits per heavy atom. The first kappa shape index (κ1) is 26.2. The number of carbonyl (C=O) groups is 2. The zero-order valence-electron chi connectivity index (χ0n) is 20.6. The molecule has 0 aliphatic carbocycles. The first-order valence-corrected chi connectivity index (χ1v) is 11.8. The lowest BCUT2D eigenvalue weighted by molar-refractivity contribution is -0.141. The maximum Gasteiger partial charge on any atom is 0.242 e. The molecular formula is C27H38N2O4. The van der Waals surface area contributed by atoms with E-state index in [1.807, 2.05) is 56.3 Å². The van der Waals surface area contributed by atoms with Crippen molar-refractivity contribution in [1.82, 2.24) is 10.2 Å². The van der Waals surface area contributed by atoms with Crippen molar-refractivity contribution < 1.29 is 19.1 Å². The number of benzene rings is 2. The monoisotopic (exact) mass is 454 g/mol. The van der Waals surface area contributed by atoms with E-state index in [-0.39, 0.29) is 11.8 Å². The zero-order chi connectivity index (χ0) is 24.2. The number of nitrogens with zero attached hydrogens (tertiary/aromatic N) is 1. The predicted octanol–water partition coefficient (Wildman–Crippen LogP) is 4.67. The van der Waals surface area contributed by atoms with Gasteiger partial charge in [-0.1, -0.05) is 50.6 Å². The molecule has 0 fully saturated rings. The van der Waals surface area contributed by atoms with E-state index >= 15 is 0 Å². The molecule has 0 saturated carbocycles. The van der Waals surface area contributed by atoms with Gasteiger partial charge in [-0.3, -0.25) is 9.59 Å². The number of methoxy groups -OCH3 is 2. The van der Waals surface area contributed by atoms with Crippen LogP contribution in [0, 0.1) is 6.92 Å². The lowest BCUT2D eigenvalue weighted by atomic mass is 10.0. The van der Waals surface area contributed by atoms with Gasteiger partial charge in [-0.25, -0.2) is 0 Å². The molecule has 0 aromatic heterocycles. The summed E-state index contributed by atoms with van der Waals surface area (Å²) in [4.78, 5) is 28.1. The van der Waals surface area contributed by atoms with Crippen LogP contribution >= 0.6 is 0 Å². The van der Waals surface area contributed by atoms with Gasteiger partial charge in [0.1, 0.15) is 6.04 Å². The Balaban J connectivity index is 2.21. The van der Waals surface area contributed by atoms with Crippen LogP contribution in [0.1, 0.15) is 56.2 Å². The minimum absolute atomic E-state index is 0.0365. The molecule has 6 nitrogen and oxygen atoms in total. The number of aryl methyl sites for hydroxylation is 2. The molecule has 2 rings (SSSR count). The van der Waals surface area contributed by atoms with Gasteiger partial charge in [0.05, 0.1) is 14.2 Å². The molecule has 0 unspecified atom stereocenters. The Morgan fingerprint density at radius 2 is 1.76 bits per heavy atom. The van der Waals surface area contributed by atoms with Gasteiger partial charge in [-0.2, -0.15) is 0 Å². The minimum Gasteiger partial charge on any atom is -0.493 e. The lowest BCUT2D eigenvalue weighted by Gasteiger charge is -2.31. The van der Waals surface area contributed by atoms with Crippen LogP contribution in [0.15, 0.2) is 42.5 Å². The van der Waals surface area contributed by atoms with E-state index < -0.39 is 6.04 Å². The van der Waals surface area contributed by atoms with Crippen molar-refractivity contribution in [3.05, 3.63) is 59.2 Å². The van der Waals surface area contributed by atoms with Gasteiger partial charge in [-0.05, 0) is 55.0 Å². The van der Waals surface area contributed by atoms with Crippen molar-refractivity contribution in [3.63, 3.8) is 0 Å². The topological polar surface area (TPSA) is 67.9 Å². The standard InChI is InChI=1S/C27H38N2O4/c1-6-8-17-28-27(31)23(7-2)29(19-22-12-10-9-11-20(22)3)26(30)16-14-21-13-15-24(32-4)25(18-21)33-5/h9-13,15,18,23H,6-8,14,16-17,19H2,1-5H3,(H,28,31)/t23-/m0/s1. The number of unbranched alkanes of at least 4 members (excludes halogenated alkanes) is 1. The molecule has 0 bridgehead atoms. The minimum atomic E-state index is -0.501. The average Bonchev–Trinajstić information content (AvgIpc) is 2.83. The fourth-order valence-electron chi connectivity index (χ4n) is 3.83. The van der Waals surface area contributed by atoms with Crippen LogP contribution in [-0.4, -0.2) is 43.5 Å². The maximum atomic E-state index is 13.4. The van der Waals surface area contributed by atoms with Gasteiger partial charge < -0.3 is 19.7 Å². The van der Waals surface area contributed by atoms with Gasteiger partial charge in [0.25, 0.3) is 0 Å². The van der Waals surface area contributed by atoms with Crippen LogP contribution in [0.4, 0.5) is 0 Å². The Morgan fingerprint density at radius 3 is 2.39 bits per heavy atom. The zero-order valence-corrected chi connectivity index (χ0v) is 20.6. The summed E-state index contributed by atoms with van der Waals surface area (Å²) < 4.78 is 10.7. The summed E-state index contributed by atoms with van der Waals surface area (Å²) >= 11 is 0. The molecular weight excluding hydrogens is 416 g/mol. The molecule has 0 aliphatic heterocycles. The number of hydrogen-bond donors (Lipinski definition) is 1. The van der Waals surface area contributed by atoms with Crippen molar-refractivity contribution in [2.75, 3.05) is 20.8 Å². The second kappa shape index (κ2) is 13.5. The lowest BCUT2D eigenvalue weighted by Crippen LogP contribution is -2.49. The van der Waals surface area contributed by atoms with E-state index in [1.54, 1.807) is 19.1 Å². The molecule has 0 aliphatic rings. The number of ether oxygens (including phenoxy) is 2. The second-order valence-electron chi connectivity index (χ2n) is 8.21. The molecule has 180 valence electrons. The summed E-state index contributed by atoms with van der Waals surface area (Å²) in [5.41, 5.74) is 3.14. The van der Waals surface area contributed by atoms with E-state index in [4.69, 9.17) is 9.47 Å². The first-order valence-electron chi connectivity index (χ1n) is 11.8. The number of nitrogens with one attached hydrogen (secondary N) is 1. The van der Waals surface area contributed by atoms with E-state index in [1.165, 1.54) is 0 Å². The highest BCUT2D eigenvalue weighted by Crippen LogP contribution is 2.28. The summed E-state index contributed by atoms with van der Waals surface area (Å²) in [6.45, 7) is 7.12. The maximum absolute atomic E-state index is 13.4. The summed E-state index contributed by atoms with van der Waals surface area (Å²) in [5, 5.41) is 3.01. The summed E-state index contributed by atoms with van der Waals surface area (Å²) in [5.74, 6) is 1.18. The Kier molecular flexibility index (Phi) is 10.7. The molecule has 0 spiro atoms.